The Hall–Kier alpha value is -0.460. The third-order valence-corrected chi connectivity index (χ3v) is 0.118. The molecule has 0 unspecified atom stereocenters. The van der Waals surface area contributed by atoms with Gasteiger partial charge in [0.1, 0.15) is 0 Å². The van der Waals surface area contributed by atoms with Gasteiger partial charge in [0.05, 0.1) is 7.05 Å². The molecule has 0 aromatic heterocycles. The summed E-state index contributed by atoms with van der Waals surface area (Å²) in [5.74, 6) is 0. The highest BCUT2D eigenvalue weighted by molar-refractivity contribution is 4.58. The Labute approximate surface area is 26.3 Å². The lowest BCUT2D eigenvalue weighted by Crippen LogP contribution is -1.82. The molecule has 0 amide bonds. The van der Waals surface area contributed by atoms with Crippen LogP contribution in [-0.4, -0.2) is 0 Å². The summed E-state index contributed by atoms with van der Waals surface area (Å²) in [4.78, 5) is 0. The fourth-order valence-electron chi connectivity index (χ4n) is 0. The summed E-state index contributed by atoms with van der Waals surface area (Å²) >= 11 is 0. The van der Waals surface area contributed by atoms with Crippen LogP contribution < -0.4 is 5.32 Å². The van der Waals surface area contributed by atoms with Crippen LogP contribution in [0.25, 0.3) is 0 Å². The van der Waals surface area contributed by atoms with Crippen molar-refractivity contribution in [3.05, 3.63) is 19.8 Å². The minimum atomic E-state index is 1.40. The first kappa shape index (κ1) is 3.54. The molecule has 0 spiro atoms. The number of rotatable bonds is 1. The van der Waals surface area contributed by atoms with Crippen LogP contribution >= 0.6 is 0 Å². The van der Waals surface area contributed by atoms with Crippen LogP contribution in [0.15, 0.2) is 12.8 Å². The van der Waals surface area contributed by atoms with Crippen molar-refractivity contribution in [2.24, 2.45) is 0 Å². The maximum atomic E-state index is 4.66. The van der Waals surface area contributed by atoms with Gasteiger partial charge >= 0.3 is 0 Å². The predicted octanol–water partition coefficient (Wildman–Crippen LogP) is 0.388. The molecule has 1 N–H and O–H groups in total. The Morgan fingerprint density at radius 1 is 2.00 bits per heavy atom. The summed E-state index contributed by atoms with van der Waals surface area (Å²) in [5.41, 5.74) is 0. The van der Waals surface area contributed by atoms with Crippen molar-refractivity contribution in [1.82, 2.24) is 5.32 Å². The van der Waals surface area contributed by atoms with Gasteiger partial charge in [-0.3, -0.25) is 0 Å². The van der Waals surface area contributed by atoms with Crippen LogP contribution in [0.3, 0.4) is 0 Å². The van der Waals surface area contributed by atoms with Crippen LogP contribution in [-0.2, 0) is 0 Å². The van der Waals surface area contributed by atoms with Crippen molar-refractivity contribution in [3.63, 3.8) is 0 Å². The van der Waals surface area contributed by atoms with E-state index in [0.29, 0.717) is 0 Å². The van der Waals surface area contributed by atoms with E-state index in [0.717, 1.165) is 0 Å². The van der Waals surface area contributed by atoms with Gasteiger partial charge in [0.25, 0.3) is 0 Å². The smallest absolute Gasteiger partial charge is 0.0699 e. The van der Waals surface area contributed by atoms with E-state index in [1.807, 2.05) is 0 Å². The molecule has 0 aliphatic carbocycles. The van der Waals surface area contributed by atoms with Gasteiger partial charge in [0, 0.05) is 0 Å². The van der Waals surface area contributed by atoms with Crippen molar-refractivity contribution in [1.29, 1.82) is 0 Å². The summed E-state index contributed by atoms with van der Waals surface area (Å²) in [7, 11) is 4.66. The zero-order valence-electron chi connectivity index (χ0n) is 2.36. The van der Waals surface area contributed by atoms with E-state index in [-0.39, 0.29) is 0 Å². The van der Waals surface area contributed by atoms with Gasteiger partial charge in [-0.2, -0.15) is 0 Å². The van der Waals surface area contributed by atoms with Gasteiger partial charge in [-0.15, -0.1) is 0 Å². The molecule has 0 saturated carbocycles. The second-order valence-corrected chi connectivity index (χ2v) is 0.371. The first-order valence-electron chi connectivity index (χ1n) is 0.986. The fourth-order valence-corrected chi connectivity index (χ4v) is 0. The molecule has 22 valence electrons. The molecule has 0 aliphatic heterocycles. The van der Waals surface area contributed by atoms with Gasteiger partial charge in [-0.1, -0.05) is 6.58 Å². The van der Waals surface area contributed by atoms with Gasteiger partial charge in [0.15, 0.2) is 0 Å². The Bertz CT molecular complexity index is 17.2. The predicted molar refractivity (Wildman–Crippen MR) is 17.6 cm³/mol. The number of nitrogens with one attached hydrogen (secondary N) is 1. The molecule has 1 heteroatoms. The lowest BCUT2D eigenvalue weighted by atomic mass is 11.0. The van der Waals surface area contributed by atoms with Gasteiger partial charge in [0.2, 0.25) is 0 Å². The first-order chi connectivity index (χ1) is 1.91. The van der Waals surface area contributed by atoms with Crippen LogP contribution in [0, 0.1) is 7.05 Å². The summed E-state index contributed by atoms with van der Waals surface area (Å²) in [6.45, 7) is 3.24. The lowest BCUT2D eigenvalue weighted by molar-refractivity contribution is 1.20. The Kier molecular flexibility index (Phi) is 2.25. The maximum absolute atomic E-state index is 4.66. The van der Waals surface area contributed by atoms with Crippen molar-refractivity contribution in [2.75, 3.05) is 0 Å². The van der Waals surface area contributed by atoms with Crippen molar-refractivity contribution >= 4 is 0 Å². The average molecular weight is 55.1 g/mol. The Morgan fingerprint density at radius 2 is 2.25 bits per heavy atom. The van der Waals surface area contributed by atoms with Crippen molar-refractivity contribution in [3.8, 4) is 0 Å². The lowest BCUT2D eigenvalue weighted by Gasteiger charge is -1.69. The van der Waals surface area contributed by atoms with Gasteiger partial charge < -0.3 is 5.32 Å². The van der Waals surface area contributed by atoms with Crippen LogP contribution in [0.4, 0.5) is 0 Å². The van der Waals surface area contributed by atoms with Crippen LogP contribution in [0.2, 0.25) is 0 Å². The summed E-state index contributed by atoms with van der Waals surface area (Å²) < 4.78 is 0. The molecular formula is C3H5N. The fraction of sp³-hybridized carbons (Fsp3) is 0. The molecule has 1 nitrogen and oxygen atoms in total. The third-order valence-electron chi connectivity index (χ3n) is 0.118. The molecule has 0 heterocycles. The second kappa shape index (κ2) is 2.54. The molecule has 0 bridgehead atoms. The number of hydrogen-bond acceptors (Lipinski definition) is 1. The first-order valence-corrected chi connectivity index (χ1v) is 0.986. The quantitative estimate of drug-likeness (QED) is 0.428. The third kappa shape index (κ3) is 1.54. The van der Waals surface area contributed by atoms with Crippen molar-refractivity contribution < 1.29 is 0 Å². The van der Waals surface area contributed by atoms with E-state index in [1.165, 1.54) is 6.20 Å². The molecule has 4 heavy (non-hydrogen) atoms. The molecule has 0 aromatic rings. The van der Waals surface area contributed by atoms with Crippen LogP contribution in [0.5, 0.6) is 0 Å². The van der Waals surface area contributed by atoms with Gasteiger partial charge in [-0.05, 0) is 6.20 Å². The summed E-state index contributed by atoms with van der Waals surface area (Å²) in [6, 6.07) is 0. The molecule has 0 saturated heterocycles. The molecule has 0 rings (SSSR count). The van der Waals surface area contributed by atoms with E-state index < -0.39 is 0 Å². The zero-order valence-corrected chi connectivity index (χ0v) is 2.36. The molecule has 0 aliphatic rings. The highest BCUT2D eigenvalue weighted by Crippen LogP contribution is 1.36. The Balaban J connectivity index is 2.30. The summed E-state index contributed by atoms with van der Waals surface area (Å²) in [6.07, 6.45) is 1.40. The van der Waals surface area contributed by atoms with Crippen LogP contribution in [0.1, 0.15) is 0 Å². The molecular weight excluding hydrogens is 50.0 g/mol. The monoisotopic (exact) mass is 55.0 g/mol. The second-order valence-electron chi connectivity index (χ2n) is 0.371. The molecule has 2 radical (unpaired) electrons. The molecule has 0 aromatic carbocycles. The van der Waals surface area contributed by atoms with Crippen molar-refractivity contribution in [2.45, 2.75) is 0 Å². The highest BCUT2D eigenvalue weighted by atomic mass is 14.8. The largest absolute Gasteiger partial charge is 0.384 e. The topological polar surface area (TPSA) is 12.0 Å². The minimum absolute atomic E-state index is 1.40. The standard InChI is InChI=1S/C3H5N/c1-3-4-2/h2-4H,1H2. The van der Waals surface area contributed by atoms with E-state index >= 15 is 0 Å². The van der Waals surface area contributed by atoms with E-state index in [9.17, 15) is 0 Å². The van der Waals surface area contributed by atoms with Gasteiger partial charge in [-0.25, -0.2) is 0 Å². The van der Waals surface area contributed by atoms with E-state index in [4.69, 9.17) is 0 Å². The highest BCUT2D eigenvalue weighted by Gasteiger charge is 1.36. The Morgan fingerprint density at radius 3 is 2.25 bits per heavy atom. The summed E-state index contributed by atoms with van der Waals surface area (Å²) in [5, 5.41) is 2.19. The molecule has 0 atom stereocenters. The normalized spacial score (nSPS) is 5.25. The number of hydrogen-bond donors (Lipinski definition) is 1. The zero-order chi connectivity index (χ0) is 3.41. The van der Waals surface area contributed by atoms with E-state index in [2.05, 4.69) is 18.9 Å². The molecule has 0 fully saturated rings. The SMILES string of the molecule is [CH]NC=C. The maximum Gasteiger partial charge on any atom is 0.0699 e. The minimum Gasteiger partial charge on any atom is -0.384 e. The average Bonchev–Trinajstić information content (AvgIpc) is 1.37. The van der Waals surface area contributed by atoms with E-state index in [1.54, 1.807) is 0 Å².